The highest BCUT2D eigenvalue weighted by atomic mass is 32.2. The molecular formula is C18H26FN3O3S. The van der Waals surface area contributed by atoms with Crippen molar-refractivity contribution in [3.63, 3.8) is 0 Å². The quantitative estimate of drug-likeness (QED) is 0.838. The maximum absolute atomic E-state index is 13.9. The van der Waals surface area contributed by atoms with Crippen molar-refractivity contribution >= 4 is 15.9 Å². The smallest absolute Gasteiger partial charge is 0.246 e. The minimum Gasteiger partial charge on any atom is -0.352 e. The van der Waals surface area contributed by atoms with Crippen molar-refractivity contribution in [3.05, 3.63) is 30.1 Å². The van der Waals surface area contributed by atoms with Crippen molar-refractivity contribution in [2.24, 2.45) is 0 Å². The summed E-state index contributed by atoms with van der Waals surface area (Å²) in [5.74, 6) is -0.735. The van der Waals surface area contributed by atoms with E-state index in [9.17, 15) is 17.6 Å². The average Bonchev–Trinajstić information content (AvgIpc) is 3.14. The first-order chi connectivity index (χ1) is 12.4. The first-order valence-electron chi connectivity index (χ1n) is 9.18. The van der Waals surface area contributed by atoms with Crippen LogP contribution in [0.5, 0.6) is 0 Å². The molecular weight excluding hydrogens is 357 g/mol. The van der Waals surface area contributed by atoms with Gasteiger partial charge in [-0.1, -0.05) is 25.0 Å². The van der Waals surface area contributed by atoms with Gasteiger partial charge in [0.15, 0.2) is 0 Å². The fourth-order valence-electron chi connectivity index (χ4n) is 3.68. The predicted octanol–water partition coefficient (Wildman–Crippen LogP) is 1.58. The summed E-state index contributed by atoms with van der Waals surface area (Å²) in [5, 5.41) is 3.09. The van der Waals surface area contributed by atoms with Crippen molar-refractivity contribution in [2.75, 3.05) is 26.2 Å². The van der Waals surface area contributed by atoms with Crippen molar-refractivity contribution in [1.29, 1.82) is 0 Å². The molecule has 1 aromatic carbocycles. The number of nitrogens with zero attached hydrogens (tertiary/aromatic N) is 2. The van der Waals surface area contributed by atoms with Gasteiger partial charge in [0.25, 0.3) is 0 Å². The molecule has 1 aliphatic carbocycles. The van der Waals surface area contributed by atoms with Crippen LogP contribution in [-0.2, 0) is 14.8 Å². The number of hydrogen-bond donors (Lipinski definition) is 1. The molecule has 3 rings (SSSR count). The molecule has 1 unspecified atom stereocenters. The lowest BCUT2D eigenvalue weighted by molar-refractivity contribution is -0.127. The van der Waals surface area contributed by atoms with E-state index in [1.165, 1.54) is 22.5 Å². The Balaban J connectivity index is 1.58. The van der Waals surface area contributed by atoms with Gasteiger partial charge in [-0.05, 0) is 31.9 Å². The Morgan fingerprint density at radius 2 is 1.77 bits per heavy atom. The van der Waals surface area contributed by atoms with Gasteiger partial charge >= 0.3 is 0 Å². The highest BCUT2D eigenvalue weighted by molar-refractivity contribution is 7.89. The molecule has 1 atom stereocenters. The molecule has 144 valence electrons. The Bertz CT molecular complexity index is 742. The van der Waals surface area contributed by atoms with Crippen LogP contribution in [0, 0.1) is 5.82 Å². The van der Waals surface area contributed by atoms with Gasteiger partial charge in [0.1, 0.15) is 10.7 Å². The lowest BCUT2D eigenvalue weighted by Crippen LogP contribution is -2.55. The van der Waals surface area contributed by atoms with Crippen molar-refractivity contribution in [3.8, 4) is 0 Å². The standard InChI is InChI=1S/C18H26FN3O3S/c1-14(18(23)20-15-6-2-3-7-15)21-10-12-22(13-11-21)26(24,25)17-9-5-4-8-16(17)19/h4-5,8-9,14-15H,2-3,6-7,10-13H2,1H3,(H,20,23). The number of nitrogens with one attached hydrogen (secondary N) is 1. The van der Waals surface area contributed by atoms with Crippen LogP contribution in [0.1, 0.15) is 32.6 Å². The molecule has 1 heterocycles. The molecule has 8 heteroatoms. The first-order valence-corrected chi connectivity index (χ1v) is 10.6. The van der Waals surface area contributed by atoms with Gasteiger partial charge in [0.2, 0.25) is 15.9 Å². The van der Waals surface area contributed by atoms with Gasteiger partial charge in [-0.2, -0.15) is 4.31 Å². The van der Waals surface area contributed by atoms with Gasteiger partial charge in [-0.25, -0.2) is 12.8 Å². The summed E-state index contributed by atoms with van der Waals surface area (Å²) in [6.07, 6.45) is 4.39. The molecule has 0 aromatic heterocycles. The van der Waals surface area contributed by atoms with E-state index in [2.05, 4.69) is 5.32 Å². The number of piperazine rings is 1. The number of halogens is 1. The van der Waals surface area contributed by atoms with E-state index < -0.39 is 15.8 Å². The summed E-state index contributed by atoms with van der Waals surface area (Å²) in [7, 11) is -3.85. The Morgan fingerprint density at radius 1 is 1.15 bits per heavy atom. The third-order valence-corrected chi connectivity index (χ3v) is 7.29. The van der Waals surface area contributed by atoms with Crippen LogP contribution in [0.25, 0.3) is 0 Å². The number of sulfonamides is 1. The second-order valence-electron chi connectivity index (χ2n) is 7.04. The second-order valence-corrected chi connectivity index (χ2v) is 8.94. The number of benzene rings is 1. The molecule has 1 N–H and O–H groups in total. The molecule has 26 heavy (non-hydrogen) atoms. The van der Waals surface area contributed by atoms with E-state index >= 15 is 0 Å². The lowest BCUT2D eigenvalue weighted by atomic mass is 10.2. The van der Waals surface area contributed by atoms with Crippen LogP contribution in [0.4, 0.5) is 4.39 Å². The molecule has 1 saturated heterocycles. The van der Waals surface area contributed by atoms with Crippen LogP contribution >= 0.6 is 0 Å². The van der Waals surface area contributed by atoms with Gasteiger partial charge in [-0.3, -0.25) is 9.69 Å². The zero-order valence-corrected chi connectivity index (χ0v) is 15.8. The maximum atomic E-state index is 13.9. The maximum Gasteiger partial charge on any atom is 0.246 e. The van der Waals surface area contributed by atoms with Gasteiger partial charge in [0.05, 0.1) is 6.04 Å². The fraction of sp³-hybridized carbons (Fsp3) is 0.611. The number of hydrogen-bond acceptors (Lipinski definition) is 4. The zero-order valence-electron chi connectivity index (χ0n) is 15.0. The first kappa shape index (κ1) is 19.3. The van der Waals surface area contributed by atoms with Crippen LogP contribution in [0.2, 0.25) is 0 Å². The van der Waals surface area contributed by atoms with E-state index in [-0.39, 0.29) is 36.0 Å². The number of rotatable bonds is 5. The minimum absolute atomic E-state index is 0.00214. The Morgan fingerprint density at radius 3 is 2.38 bits per heavy atom. The molecule has 1 aliphatic heterocycles. The summed E-state index contributed by atoms with van der Waals surface area (Å²) < 4.78 is 40.4. The Kier molecular flexibility index (Phi) is 5.94. The van der Waals surface area contributed by atoms with Crippen molar-refractivity contribution < 1.29 is 17.6 Å². The predicted molar refractivity (Wildman–Crippen MR) is 96.6 cm³/mol. The topological polar surface area (TPSA) is 69.7 Å². The average molecular weight is 383 g/mol. The lowest BCUT2D eigenvalue weighted by Gasteiger charge is -2.37. The van der Waals surface area contributed by atoms with Crippen LogP contribution < -0.4 is 5.32 Å². The van der Waals surface area contributed by atoms with E-state index in [4.69, 9.17) is 0 Å². The third-order valence-electron chi connectivity index (χ3n) is 5.36. The molecule has 1 amide bonds. The number of amides is 1. The second kappa shape index (κ2) is 8.02. The summed E-state index contributed by atoms with van der Waals surface area (Å²) in [6.45, 7) is 3.25. The zero-order chi connectivity index (χ0) is 18.7. The molecule has 1 saturated carbocycles. The van der Waals surface area contributed by atoms with Gasteiger partial charge in [-0.15, -0.1) is 0 Å². The van der Waals surface area contributed by atoms with Crippen LogP contribution in [0.3, 0.4) is 0 Å². The molecule has 2 aliphatic rings. The minimum atomic E-state index is -3.85. The van der Waals surface area contributed by atoms with Crippen molar-refractivity contribution in [2.45, 2.75) is 49.6 Å². The monoisotopic (exact) mass is 383 g/mol. The highest BCUT2D eigenvalue weighted by Crippen LogP contribution is 2.21. The van der Waals surface area contributed by atoms with Crippen molar-refractivity contribution in [1.82, 2.24) is 14.5 Å². The molecule has 0 spiro atoms. The SMILES string of the molecule is CC(C(=O)NC1CCCC1)N1CCN(S(=O)(=O)c2ccccc2F)CC1. The summed E-state index contributed by atoms with van der Waals surface area (Å²) in [5.41, 5.74) is 0. The molecule has 2 fully saturated rings. The summed E-state index contributed by atoms with van der Waals surface area (Å²) in [6, 6.07) is 5.40. The molecule has 0 radical (unpaired) electrons. The Labute approximate surface area is 154 Å². The molecule has 1 aromatic rings. The van der Waals surface area contributed by atoms with E-state index in [0.717, 1.165) is 31.7 Å². The van der Waals surface area contributed by atoms with Gasteiger partial charge in [0, 0.05) is 32.2 Å². The number of carbonyl (C=O) groups excluding carboxylic acids is 1. The van der Waals surface area contributed by atoms with E-state index in [1.54, 1.807) is 0 Å². The molecule has 6 nitrogen and oxygen atoms in total. The van der Waals surface area contributed by atoms with Crippen LogP contribution in [-0.4, -0.2) is 61.8 Å². The normalized spacial score (nSPS) is 21.6. The number of carbonyl (C=O) groups is 1. The van der Waals surface area contributed by atoms with E-state index in [0.29, 0.717) is 13.1 Å². The molecule has 0 bridgehead atoms. The summed E-state index contributed by atoms with van der Waals surface area (Å²) >= 11 is 0. The third kappa shape index (κ3) is 4.07. The fourth-order valence-corrected chi connectivity index (χ4v) is 5.17. The highest BCUT2D eigenvalue weighted by Gasteiger charge is 2.33. The van der Waals surface area contributed by atoms with E-state index in [1.807, 2.05) is 11.8 Å². The van der Waals surface area contributed by atoms with Crippen LogP contribution in [0.15, 0.2) is 29.2 Å². The largest absolute Gasteiger partial charge is 0.352 e. The summed E-state index contributed by atoms with van der Waals surface area (Å²) in [4.78, 5) is 14.1. The van der Waals surface area contributed by atoms with Gasteiger partial charge < -0.3 is 5.32 Å². The Hall–Kier alpha value is -1.51.